The molecule has 188 valence electrons. The van der Waals surface area contributed by atoms with Gasteiger partial charge in [0.25, 0.3) is 5.91 Å². The highest BCUT2D eigenvalue weighted by Gasteiger charge is 2.23. The molecular formula is C28H33N5O3. The fraction of sp³-hybridized carbons (Fsp3) is 0.429. The van der Waals surface area contributed by atoms with Crippen molar-refractivity contribution in [1.29, 1.82) is 0 Å². The van der Waals surface area contributed by atoms with Crippen LogP contribution in [0.25, 0.3) is 22.2 Å². The maximum Gasteiger partial charge on any atom is 0.404 e. The van der Waals surface area contributed by atoms with E-state index < -0.39 is 6.09 Å². The minimum absolute atomic E-state index is 0.0915. The number of hydrogen-bond acceptors (Lipinski definition) is 5. The summed E-state index contributed by atoms with van der Waals surface area (Å²) >= 11 is 0. The van der Waals surface area contributed by atoms with Crippen LogP contribution in [-0.2, 0) is 0 Å². The van der Waals surface area contributed by atoms with E-state index in [9.17, 15) is 9.59 Å². The molecule has 3 aromatic rings. The highest BCUT2D eigenvalue weighted by atomic mass is 16.4. The predicted molar refractivity (Wildman–Crippen MR) is 140 cm³/mol. The second kappa shape index (κ2) is 10.9. The Bertz CT molecular complexity index is 1220. The second-order valence-corrected chi connectivity index (χ2v) is 9.95. The molecule has 1 aromatic carbocycles. The molecule has 1 aliphatic carbocycles. The van der Waals surface area contributed by atoms with E-state index in [1.54, 1.807) is 0 Å². The first-order valence-electron chi connectivity index (χ1n) is 12.9. The number of nitrogens with one attached hydrogen (secondary N) is 2. The Morgan fingerprint density at radius 2 is 1.64 bits per heavy atom. The molecule has 3 N–H and O–H groups in total. The Morgan fingerprint density at radius 1 is 0.944 bits per heavy atom. The Hall–Kier alpha value is -3.68. The Kier molecular flexibility index (Phi) is 7.30. The standard InChI is InChI=1S/C28H33N5O3/c34-27(30-16-19-7-9-20(10-8-19)17-31-28(35)36)23-15-25(32-24-6-2-1-5-22(23)24)21-11-12-26(29-18-21)33-13-3-4-14-33/h1-2,5-6,11-12,15,18-20,31H,3-4,7-10,13-14,16-17H2,(H,30,34)(H,35,36). The van der Waals surface area contributed by atoms with Crippen LogP contribution in [0.5, 0.6) is 0 Å². The summed E-state index contributed by atoms with van der Waals surface area (Å²) in [5.74, 6) is 1.68. The molecule has 1 saturated heterocycles. The van der Waals surface area contributed by atoms with Gasteiger partial charge in [0.15, 0.2) is 0 Å². The number of carbonyl (C=O) groups excluding carboxylic acids is 1. The van der Waals surface area contributed by atoms with Crippen molar-refractivity contribution in [2.75, 3.05) is 31.1 Å². The summed E-state index contributed by atoms with van der Waals surface area (Å²) in [6.45, 7) is 3.22. The number of benzene rings is 1. The third-order valence-corrected chi connectivity index (χ3v) is 7.49. The van der Waals surface area contributed by atoms with Crippen molar-refractivity contribution in [3.8, 4) is 11.3 Å². The summed E-state index contributed by atoms with van der Waals surface area (Å²) in [6.07, 6.45) is 7.23. The number of amides is 2. The van der Waals surface area contributed by atoms with E-state index in [-0.39, 0.29) is 5.91 Å². The number of anilines is 1. The maximum absolute atomic E-state index is 13.3. The van der Waals surface area contributed by atoms with E-state index in [4.69, 9.17) is 10.1 Å². The number of nitrogens with zero attached hydrogens (tertiary/aromatic N) is 3. The van der Waals surface area contributed by atoms with Crippen LogP contribution in [0.2, 0.25) is 0 Å². The fourth-order valence-corrected chi connectivity index (χ4v) is 5.39. The molecule has 8 nitrogen and oxygen atoms in total. The molecule has 2 amide bonds. The van der Waals surface area contributed by atoms with Crippen molar-refractivity contribution in [3.63, 3.8) is 0 Å². The quantitative estimate of drug-likeness (QED) is 0.446. The van der Waals surface area contributed by atoms with Gasteiger partial charge < -0.3 is 20.6 Å². The topological polar surface area (TPSA) is 107 Å². The van der Waals surface area contributed by atoms with E-state index in [2.05, 4.69) is 20.5 Å². The lowest BCUT2D eigenvalue weighted by Crippen LogP contribution is -2.34. The van der Waals surface area contributed by atoms with Gasteiger partial charge in [0, 0.05) is 43.3 Å². The Morgan fingerprint density at radius 3 is 2.31 bits per heavy atom. The van der Waals surface area contributed by atoms with Crippen molar-refractivity contribution in [3.05, 3.63) is 54.2 Å². The van der Waals surface area contributed by atoms with E-state index >= 15 is 0 Å². The summed E-state index contributed by atoms with van der Waals surface area (Å²) < 4.78 is 0. The van der Waals surface area contributed by atoms with E-state index in [0.717, 1.165) is 66.8 Å². The van der Waals surface area contributed by atoms with Crippen molar-refractivity contribution >= 4 is 28.7 Å². The lowest BCUT2D eigenvalue weighted by molar-refractivity contribution is 0.0942. The molecule has 1 saturated carbocycles. The van der Waals surface area contributed by atoms with Crippen LogP contribution in [-0.4, -0.2) is 53.3 Å². The van der Waals surface area contributed by atoms with Crippen LogP contribution >= 0.6 is 0 Å². The van der Waals surface area contributed by atoms with Gasteiger partial charge in [-0.3, -0.25) is 4.79 Å². The number of aromatic nitrogens is 2. The number of fused-ring (bicyclic) bond motifs is 1. The van der Waals surface area contributed by atoms with Crippen molar-refractivity contribution in [2.45, 2.75) is 38.5 Å². The van der Waals surface area contributed by atoms with Gasteiger partial charge in [-0.1, -0.05) is 18.2 Å². The molecular weight excluding hydrogens is 454 g/mol. The van der Waals surface area contributed by atoms with Crippen LogP contribution in [0.4, 0.5) is 10.6 Å². The molecule has 0 bridgehead atoms. The molecule has 2 aliphatic rings. The van der Waals surface area contributed by atoms with Crippen LogP contribution in [0.3, 0.4) is 0 Å². The molecule has 0 unspecified atom stereocenters. The highest BCUT2D eigenvalue weighted by molar-refractivity contribution is 6.07. The summed E-state index contributed by atoms with van der Waals surface area (Å²) in [6, 6.07) is 13.7. The second-order valence-electron chi connectivity index (χ2n) is 9.95. The molecule has 2 aromatic heterocycles. The molecule has 1 aliphatic heterocycles. The first kappa shape index (κ1) is 24.0. The highest BCUT2D eigenvalue weighted by Crippen LogP contribution is 2.29. The molecule has 2 fully saturated rings. The Balaban J connectivity index is 1.28. The smallest absolute Gasteiger partial charge is 0.404 e. The lowest BCUT2D eigenvalue weighted by atomic mass is 9.82. The fourth-order valence-electron chi connectivity index (χ4n) is 5.39. The number of hydrogen-bond donors (Lipinski definition) is 3. The normalized spacial score (nSPS) is 19.8. The average Bonchev–Trinajstić information content (AvgIpc) is 3.46. The van der Waals surface area contributed by atoms with Gasteiger partial charge in [0.05, 0.1) is 16.8 Å². The SMILES string of the molecule is O=C(O)NCC1CCC(CNC(=O)c2cc(-c3ccc(N4CCCC4)nc3)nc3ccccc23)CC1. The van der Waals surface area contributed by atoms with E-state index in [1.165, 1.54) is 12.8 Å². The lowest BCUT2D eigenvalue weighted by Gasteiger charge is -2.28. The molecule has 0 atom stereocenters. The first-order valence-corrected chi connectivity index (χ1v) is 12.9. The molecule has 0 radical (unpaired) electrons. The van der Waals surface area contributed by atoms with Crippen LogP contribution in [0, 0.1) is 11.8 Å². The Labute approximate surface area is 211 Å². The number of carbonyl (C=O) groups is 2. The average molecular weight is 488 g/mol. The van der Waals surface area contributed by atoms with Gasteiger partial charge in [-0.25, -0.2) is 14.8 Å². The number of para-hydroxylation sites is 1. The van der Waals surface area contributed by atoms with Gasteiger partial charge in [0.1, 0.15) is 5.82 Å². The minimum atomic E-state index is -0.966. The zero-order valence-electron chi connectivity index (χ0n) is 20.4. The largest absolute Gasteiger partial charge is 0.465 e. The van der Waals surface area contributed by atoms with Crippen molar-refractivity contribution < 1.29 is 14.7 Å². The molecule has 36 heavy (non-hydrogen) atoms. The number of rotatable bonds is 7. The van der Waals surface area contributed by atoms with Gasteiger partial charge in [0.2, 0.25) is 0 Å². The van der Waals surface area contributed by atoms with Crippen LogP contribution in [0.1, 0.15) is 48.9 Å². The zero-order chi connectivity index (χ0) is 24.9. The van der Waals surface area contributed by atoms with Crippen LogP contribution in [0.15, 0.2) is 48.7 Å². The van der Waals surface area contributed by atoms with E-state index in [1.807, 2.05) is 48.7 Å². The maximum atomic E-state index is 13.3. The predicted octanol–water partition coefficient (Wildman–Crippen LogP) is 4.70. The summed E-state index contributed by atoms with van der Waals surface area (Å²) in [4.78, 5) is 35.8. The first-order chi connectivity index (χ1) is 17.6. The summed E-state index contributed by atoms with van der Waals surface area (Å²) in [5.41, 5.74) is 3.05. The van der Waals surface area contributed by atoms with Crippen molar-refractivity contribution in [1.82, 2.24) is 20.6 Å². The minimum Gasteiger partial charge on any atom is -0.465 e. The summed E-state index contributed by atoms with van der Waals surface area (Å²) in [7, 11) is 0. The summed E-state index contributed by atoms with van der Waals surface area (Å²) in [5, 5.41) is 15.3. The van der Waals surface area contributed by atoms with Gasteiger partial charge in [-0.15, -0.1) is 0 Å². The molecule has 5 rings (SSSR count). The van der Waals surface area contributed by atoms with Gasteiger partial charge in [-0.05, 0) is 74.6 Å². The molecule has 8 heteroatoms. The van der Waals surface area contributed by atoms with Gasteiger partial charge in [-0.2, -0.15) is 0 Å². The number of carboxylic acid groups (broad SMARTS) is 1. The third kappa shape index (κ3) is 5.58. The van der Waals surface area contributed by atoms with Crippen molar-refractivity contribution in [2.24, 2.45) is 11.8 Å². The van der Waals surface area contributed by atoms with Gasteiger partial charge >= 0.3 is 6.09 Å². The molecule has 0 spiro atoms. The molecule has 3 heterocycles. The monoisotopic (exact) mass is 487 g/mol. The zero-order valence-corrected chi connectivity index (χ0v) is 20.4. The number of pyridine rings is 2. The van der Waals surface area contributed by atoms with E-state index in [0.29, 0.717) is 30.5 Å². The van der Waals surface area contributed by atoms with Crippen LogP contribution < -0.4 is 15.5 Å². The third-order valence-electron chi connectivity index (χ3n) is 7.49.